The third-order valence-corrected chi connectivity index (χ3v) is 2.36. The minimum absolute atomic E-state index is 0.0921. The average Bonchev–Trinajstić information content (AvgIpc) is 2.80. The third kappa shape index (κ3) is 2.15. The molecule has 0 unspecified atom stereocenters. The van der Waals surface area contributed by atoms with Crippen LogP contribution >= 0.6 is 0 Å². The van der Waals surface area contributed by atoms with E-state index in [2.05, 4.69) is 9.72 Å². The van der Waals surface area contributed by atoms with Crippen LogP contribution in [0.1, 0.15) is 32.5 Å². The molecule has 2 rings (SSSR count). The lowest BCUT2D eigenvalue weighted by molar-refractivity contribution is 0.0590. The molecule has 0 saturated heterocycles. The van der Waals surface area contributed by atoms with E-state index >= 15 is 0 Å². The molecule has 0 aliphatic carbocycles. The lowest BCUT2D eigenvalue weighted by atomic mass is 10.1. The summed E-state index contributed by atoms with van der Waals surface area (Å²) in [5, 5.41) is 0. The highest BCUT2D eigenvalue weighted by atomic mass is 16.5. The van der Waals surface area contributed by atoms with E-state index in [4.69, 9.17) is 4.42 Å². The molecule has 0 spiro atoms. The fraction of sp³-hybridized carbons (Fsp3) is 0.154. The van der Waals surface area contributed by atoms with Crippen LogP contribution in [0.3, 0.4) is 0 Å². The molecular weight excluding hydrogens is 234 g/mol. The van der Waals surface area contributed by atoms with Gasteiger partial charge in [-0.05, 0) is 0 Å². The second-order valence-electron chi connectivity index (χ2n) is 3.60. The second-order valence-corrected chi connectivity index (χ2v) is 3.60. The summed E-state index contributed by atoms with van der Waals surface area (Å²) in [7, 11) is 1.23. The quantitative estimate of drug-likeness (QED) is 0.611. The van der Waals surface area contributed by atoms with Crippen molar-refractivity contribution in [3.8, 4) is 0 Å². The standard InChI is InChI=1S/C13H11NO4/c1-8-14-10(13(16)17-2)12(18-8)11(15)9-6-4-3-5-7-9/h3-7H,1-2H3. The summed E-state index contributed by atoms with van der Waals surface area (Å²) in [6.45, 7) is 1.56. The first-order valence-corrected chi connectivity index (χ1v) is 5.29. The van der Waals surface area contributed by atoms with Crippen LogP contribution in [0, 0.1) is 6.92 Å². The molecule has 0 saturated carbocycles. The summed E-state index contributed by atoms with van der Waals surface area (Å²) >= 11 is 0. The van der Waals surface area contributed by atoms with Crippen molar-refractivity contribution in [1.29, 1.82) is 0 Å². The number of methoxy groups -OCH3 is 1. The normalized spacial score (nSPS) is 10.1. The Morgan fingerprint density at radius 1 is 1.22 bits per heavy atom. The maximum atomic E-state index is 12.2. The second kappa shape index (κ2) is 4.83. The Labute approximate surface area is 103 Å². The number of ether oxygens (including phenoxy) is 1. The minimum Gasteiger partial charge on any atom is -0.464 e. The lowest BCUT2D eigenvalue weighted by Gasteiger charge is -1.99. The van der Waals surface area contributed by atoms with Crippen molar-refractivity contribution in [3.05, 3.63) is 53.2 Å². The number of hydrogen-bond donors (Lipinski definition) is 0. The van der Waals surface area contributed by atoms with Gasteiger partial charge in [0.25, 0.3) is 0 Å². The Kier molecular flexibility index (Phi) is 3.23. The predicted octanol–water partition coefficient (Wildman–Crippen LogP) is 2.00. The Hall–Kier alpha value is -2.43. The zero-order valence-corrected chi connectivity index (χ0v) is 9.97. The molecule has 92 valence electrons. The number of ketones is 1. The molecule has 0 amide bonds. The van der Waals surface area contributed by atoms with E-state index in [-0.39, 0.29) is 17.3 Å². The van der Waals surface area contributed by atoms with Crippen molar-refractivity contribution in [1.82, 2.24) is 4.98 Å². The van der Waals surface area contributed by atoms with Crippen LogP contribution in [0.15, 0.2) is 34.7 Å². The Morgan fingerprint density at radius 2 is 1.89 bits per heavy atom. The zero-order valence-electron chi connectivity index (χ0n) is 9.97. The molecule has 0 fully saturated rings. The molecule has 5 nitrogen and oxygen atoms in total. The van der Waals surface area contributed by atoms with E-state index < -0.39 is 11.8 Å². The van der Waals surface area contributed by atoms with Gasteiger partial charge >= 0.3 is 5.97 Å². The van der Waals surface area contributed by atoms with Gasteiger partial charge in [-0.15, -0.1) is 0 Å². The summed E-state index contributed by atoms with van der Waals surface area (Å²) in [5.41, 5.74) is 0.336. The Balaban J connectivity index is 2.45. The number of carbonyl (C=O) groups is 2. The van der Waals surface area contributed by atoms with Gasteiger partial charge in [0.1, 0.15) is 0 Å². The van der Waals surface area contributed by atoms with E-state index in [9.17, 15) is 9.59 Å². The van der Waals surface area contributed by atoms with Gasteiger partial charge in [-0.2, -0.15) is 0 Å². The molecule has 1 heterocycles. The number of rotatable bonds is 3. The van der Waals surface area contributed by atoms with Gasteiger partial charge in [0.05, 0.1) is 7.11 Å². The summed E-state index contributed by atoms with van der Waals surface area (Å²) in [4.78, 5) is 27.5. The predicted molar refractivity (Wildman–Crippen MR) is 62.5 cm³/mol. The van der Waals surface area contributed by atoms with E-state index in [1.807, 2.05) is 0 Å². The largest absolute Gasteiger partial charge is 0.464 e. The number of esters is 1. The first-order chi connectivity index (χ1) is 8.63. The fourth-order valence-corrected chi connectivity index (χ4v) is 1.54. The molecule has 0 radical (unpaired) electrons. The number of hydrogen-bond acceptors (Lipinski definition) is 5. The van der Waals surface area contributed by atoms with Crippen LogP contribution in [0.4, 0.5) is 0 Å². The maximum Gasteiger partial charge on any atom is 0.360 e. The van der Waals surface area contributed by atoms with Crippen molar-refractivity contribution in [2.75, 3.05) is 7.11 Å². The third-order valence-electron chi connectivity index (χ3n) is 2.36. The van der Waals surface area contributed by atoms with E-state index in [0.29, 0.717) is 5.56 Å². The molecule has 0 atom stereocenters. The first kappa shape index (κ1) is 12.0. The van der Waals surface area contributed by atoms with Crippen LogP contribution in [0.2, 0.25) is 0 Å². The van der Waals surface area contributed by atoms with Gasteiger partial charge in [0, 0.05) is 12.5 Å². The smallest absolute Gasteiger partial charge is 0.360 e. The molecule has 0 aliphatic rings. The van der Waals surface area contributed by atoms with Crippen molar-refractivity contribution in [3.63, 3.8) is 0 Å². The number of benzene rings is 1. The van der Waals surface area contributed by atoms with Gasteiger partial charge < -0.3 is 9.15 Å². The Bertz CT molecular complexity index is 586. The highest BCUT2D eigenvalue weighted by molar-refractivity contribution is 6.11. The molecule has 5 heteroatoms. The molecule has 0 N–H and O–H groups in total. The van der Waals surface area contributed by atoms with Crippen LogP contribution in [-0.2, 0) is 4.74 Å². The van der Waals surface area contributed by atoms with Crippen LogP contribution < -0.4 is 0 Å². The molecule has 0 bridgehead atoms. The zero-order chi connectivity index (χ0) is 13.1. The van der Waals surface area contributed by atoms with Crippen molar-refractivity contribution in [2.24, 2.45) is 0 Å². The van der Waals surface area contributed by atoms with E-state index in [1.165, 1.54) is 7.11 Å². The lowest BCUT2D eigenvalue weighted by Crippen LogP contribution is -2.10. The highest BCUT2D eigenvalue weighted by Crippen LogP contribution is 2.16. The molecule has 1 aromatic heterocycles. The van der Waals surface area contributed by atoms with Gasteiger partial charge in [0.15, 0.2) is 11.6 Å². The first-order valence-electron chi connectivity index (χ1n) is 5.29. The van der Waals surface area contributed by atoms with E-state index in [1.54, 1.807) is 37.3 Å². The van der Waals surface area contributed by atoms with Gasteiger partial charge in [-0.25, -0.2) is 9.78 Å². The number of aryl methyl sites for hydroxylation is 1. The highest BCUT2D eigenvalue weighted by Gasteiger charge is 2.25. The number of carbonyl (C=O) groups excluding carboxylic acids is 2. The summed E-state index contributed by atoms with van der Waals surface area (Å²) in [6.07, 6.45) is 0. The van der Waals surface area contributed by atoms with Crippen molar-refractivity contribution < 1.29 is 18.7 Å². The van der Waals surface area contributed by atoms with Gasteiger partial charge in [-0.1, -0.05) is 30.3 Å². The van der Waals surface area contributed by atoms with Crippen LogP contribution in [0.5, 0.6) is 0 Å². The van der Waals surface area contributed by atoms with Gasteiger partial charge in [0.2, 0.25) is 11.5 Å². The van der Waals surface area contributed by atoms with Crippen LogP contribution in [0.25, 0.3) is 0 Å². The molecule has 18 heavy (non-hydrogen) atoms. The monoisotopic (exact) mass is 245 g/mol. The number of aromatic nitrogens is 1. The molecular formula is C13H11NO4. The SMILES string of the molecule is COC(=O)c1nc(C)oc1C(=O)c1ccccc1. The van der Waals surface area contributed by atoms with Gasteiger partial charge in [-0.3, -0.25) is 4.79 Å². The van der Waals surface area contributed by atoms with E-state index in [0.717, 1.165) is 0 Å². The number of nitrogens with zero attached hydrogens (tertiary/aromatic N) is 1. The topological polar surface area (TPSA) is 69.4 Å². The van der Waals surface area contributed by atoms with Crippen molar-refractivity contribution >= 4 is 11.8 Å². The Morgan fingerprint density at radius 3 is 2.50 bits per heavy atom. The number of oxazole rings is 1. The summed E-state index contributed by atoms with van der Waals surface area (Å²) in [6, 6.07) is 8.54. The van der Waals surface area contributed by atoms with Crippen molar-refractivity contribution in [2.45, 2.75) is 6.92 Å². The molecule has 1 aromatic carbocycles. The fourth-order valence-electron chi connectivity index (χ4n) is 1.54. The maximum absolute atomic E-state index is 12.2. The molecule has 0 aliphatic heterocycles. The molecule has 2 aromatic rings. The average molecular weight is 245 g/mol. The van der Waals surface area contributed by atoms with Crippen LogP contribution in [-0.4, -0.2) is 23.8 Å². The summed E-state index contributed by atoms with van der Waals surface area (Å²) in [5.74, 6) is -0.928. The minimum atomic E-state index is -0.689. The summed E-state index contributed by atoms with van der Waals surface area (Å²) < 4.78 is 9.75.